The molecule has 5 nitrogen and oxygen atoms in total. The second kappa shape index (κ2) is 4.68. The number of carboxylic acids is 1. The summed E-state index contributed by atoms with van der Waals surface area (Å²) in [5, 5.41) is 9.08. The van der Waals surface area contributed by atoms with E-state index in [1.165, 1.54) is 0 Å². The fourth-order valence-electron chi connectivity index (χ4n) is 1.81. The number of rotatable bonds is 4. The van der Waals surface area contributed by atoms with Crippen LogP contribution in [-0.4, -0.2) is 27.1 Å². The zero-order chi connectivity index (χ0) is 13.3. The van der Waals surface area contributed by atoms with Gasteiger partial charge in [-0.05, 0) is 19.1 Å². The van der Waals surface area contributed by atoms with Crippen molar-refractivity contribution in [1.29, 1.82) is 0 Å². The topological polar surface area (TPSA) is 75.2 Å². The zero-order valence-electron chi connectivity index (χ0n) is 10.6. The molecule has 2 aromatic rings. The fourth-order valence-corrected chi connectivity index (χ4v) is 1.81. The highest BCUT2D eigenvalue weighted by molar-refractivity contribution is 5.77. The number of nitrogens with zero attached hydrogens (tertiary/aromatic N) is 1. The number of benzene rings is 1. The largest absolute Gasteiger partial charge is 0.478 e. The number of ether oxygens (including phenoxy) is 1. The van der Waals surface area contributed by atoms with Crippen molar-refractivity contribution in [3.63, 3.8) is 0 Å². The average Bonchev–Trinajstić information content (AvgIpc) is 2.64. The van der Waals surface area contributed by atoms with Crippen molar-refractivity contribution in [2.75, 3.05) is 0 Å². The number of nitrogens with one attached hydrogen (secondary N) is 1. The number of imidazole rings is 1. The molecule has 0 aliphatic rings. The lowest BCUT2D eigenvalue weighted by Crippen LogP contribution is -2.32. The Bertz CT molecular complexity index is 575. The fraction of sp³-hybridized carbons (Fsp3) is 0.385. The van der Waals surface area contributed by atoms with Crippen LogP contribution in [0, 0.1) is 12.8 Å². The van der Waals surface area contributed by atoms with E-state index in [1.807, 2.05) is 26.8 Å². The lowest BCUT2D eigenvalue weighted by molar-refractivity contribution is -0.147. The molecule has 0 fully saturated rings. The molecular weight excluding hydrogens is 232 g/mol. The first-order valence-corrected chi connectivity index (χ1v) is 5.83. The van der Waals surface area contributed by atoms with E-state index in [1.54, 1.807) is 12.1 Å². The smallest absolute Gasteiger partial charge is 0.345 e. The maximum atomic E-state index is 11.1. The van der Waals surface area contributed by atoms with Crippen molar-refractivity contribution in [2.45, 2.75) is 26.9 Å². The summed E-state index contributed by atoms with van der Waals surface area (Å²) >= 11 is 0. The van der Waals surface area contributed by atoms with Crippen molar-refractivity contribution in [3.8, 4) is 5.75 Å². The van der Waals surface area contributed by atoms with Gasteiger partial charge < -0.3 is 14.8 Å². The summed E-state index contributed by atoms with van der Waals surface area (Å²) in [6, 6.07) is 5.32. The van der Waals surface area contributed by atoms with Gasteiger partial charge in [0, 0.05) is 12.0 Å². The number of aliphatic carboxylic acids is 1. The first-order valence-electron chi connectivity index (χ1n) is 5.83. The number of aryl methyl sites for hydroxylation is 1. The maximum Gasteiger partial charge on any atom is 0.345 e. The first kappa shape index (κ1) is 12.4. The number of carboxylic acid groups (broad SMARTS) is 1. The van der Waals surface area contributed by atoms with Crippen LogP contribution in [0.15, 0.2) is 18.2 Å². The summed E-state index contributed by atoms with van der Waals surface area (Å²) in [5.41, 5.74) is 1.69. The lowest BCUT2D eigenvalue weighted by Gasteiger charge is -2.18. The number of aromatic nitrogens is 2. The molecule has 0 saturated heterocycles. The molecule has 0 aliphatic heterocycles. The minimum absolute atomic E-state index is 0.0956. The van der Waals surface area contributed by atoms with E-state index in [0.717, 1.165) is 16.9 Å². The normalized spacial score (nSPS) is 12.9. The number of hydrogen-bond donors (Lipinski definition) is 2. The lowest BCUT2D eigenvalue weighted by atomic mass is 10.1. The Hall–Kier alpha value is -2.04. The SMILES string of the molecule is Cc1nc2ccc(OC(C(=O)O)C(C)C)cc2[nH]1. The Morgan fingerprint density at radius 1 is 1.44 bits per heavy atom. The Kier molecular flexibility index (Phi) is 3.23. The third-order valence-corrected chi connectivity index (χ3v) is 2.68. The van der Waals surface area contributed by atoms with Crippen LogP contribution in [0.5, 0.6) is 5.75 Å². The van der Waals surface area contributed by atoms with Crippen molar-refractivity contribution in [3.05, 3.63) is 24.0 Å². The Morgan fingerprint density at radius 3 is 2.78 bits per heavy atom. The summed E-state index contributed by atoms with van der Waals surface area (Å²) in [4.78, 5) is 18.4. The molecule has 18 heavy (non-hydrogen) atoms. The quantitative estimate of drug-likeness (QED) is 0.871. The minimum Gasteiger partial charge on any atom is -0.478 e. The molecule has 0 radical (unpaired) electrons. The van der Waals surface area contributed by atoms with Gasteiger partial charge in [0.1, 0.15) is 11.6 Å². The van der Waals surface area contributed by atoms with E-state index >= 15 is 0 Å². The molecule has 96 valence electrons. The molecule has 1 unspecified atom stereocenters. The van der Waals surface area contributed by atoms with Crippen molar-refractivity contribution >= 4 is 17.0 Å². The first-order chi connectivity index (χ1) is 8.47. The van der Waals surface area contributed by atoms with E-state index in [0.29, 0.717) is 5.75 Å². The Labute approximate surface area is 105 Å². The van der Waals surface area contributed by atoms with Gasteiger partial charge in [0.15, 0.2) is 6.10 Å². The molecule has 0 saturated carbocycles. The second-order valence-electron chi connectivity index (χ2n) is 4.62. The molecule has 2 N–H and O–H groups in total. The van der Waals surface area contributed by atoms with Crippen LogP contribution in [-0.2, 0) is 4.79 Å². The Balaban J connectivity index is 2.27. The molecule has 0 aliphatic carbocycles. The zero-order valence-corrected chi connectivity index (χ0v) is 10.6. The van der Waals surface area contributed by atoms with Crippen LogP contribution in [0.3, 0.4) is 0 Å². The molecule has 0 spiro atoms. The van der Waals surface area contributed by atoms with Gasteiger partial charge >= 0.3 is 5.97 Å². The Morgan fingerprint density at radius 2 is 2.17 bits per heavy atom. The number of carbonyl (C=O) groups is 1. The van der Waals surface area contributed by atoms with Crippen LogP contribution in [0.1, 0.15) is 19.7 Å². The summed E-state index contributed by atoms with van der Waals surface area (Å²) in [6.45, 7) is 5.50. The molecular formula is C13H16N2O3. The third kappa shape index (κ3) is 2.45. The molecule has 5 heteroatoms. The van der Waals surface area contributed by atoms with Crippen LogP contribution in [0.4, 0.5) is 0 Å². The van der Waals surface area contributed by atoms with E-state index < -0.39 is 12.1 Å². The van der Waals surface area contributed by atoms with Gasteiger partial charge in [0.25, 0.3) is 0 Å². The molecule has 2 rings (SSSR count). The van der Waals surface area contributed by atoms with E-state index in [9.17, 15) is 4.79 Å². The van der Waals surface area contributed by atoms with Gasteiger partial charge in [0.2, 0.25) is 0 Å². The standard InChI is InChI=1S/C13H16N2O3/c1-7(2)12(13(16)17)18-9-4-5-10-11(6-9)15-8(3)14-10/h4-7,12H,1-3H3,(H,14,15)(H,16,17). The van der Waals surface area contributed by atoms with Crippen LogP contribution in [0.25, 0.3) is 11.0 Å². The predicted molar refractivity (Wildman–Crippen MR) is 67.7 cm³/mol. The van der Waals surface area contributed by atoms with Gasteiger partial charge in [-0.2, -0.15) is 0 Å². The molecule has 1 aromatic carbocycles. The molecule has 0 bridgehead atoms. The summed E-state index contributed by atoms with van der Waals surface area (Å²) in [6.07, 6.45) is -0.841. The average molecular weight is 248 g/mol. The van der Waals surface area contributed by atoms with Crippen LogP contribution in [0.2, 0.25) is 0 Å². The highest BCUT2D eigenvalue weighted by atomic mass is 16.5. The number of H-pyrrole nitrogens is 1. The summed E-state index contributed by atoms with van der Waals surface area (Å²) in [5.74, 6) is 0.306. The van der Waals surface area contributed by atoms with E-state index in [2.05, 4.69) is 9.97 Å². The number of fused-ring (bicyclic) bond motifs is 1. The number of aromatic amines is 1. The minimum atomic E-state index is -0.953. The van der Waals surface area contributed by atoms with Gasteiger partial charge in [-0.3, -0.25) is 0 Å². The molecule has 1 heterocycles. The molecule has 1 aromatic heterocycles. The van der Waals surface area contributed by atoms with E-state index in [4.69, 9.17) is 9.84 Å². The van der Waals surface area contributed by atoms with Gasteiger partial charge in [-0.25, -0.2) is 9.78 Å². The second-order valence-corrected chi connectivity index (χ2v) is 4.62. The third-order valence-electron chi connectivity index (χ3n) is 2.68. The van der Waals surface area contributed by atoms with Crippen molar-refractivity contribution in [2.24, 2.45) is 5.92 Å². The highest BCUT2D eigenvalue weighted by Crippen LogP contribution is 2.21. The summed E-state index contributed by atoms with van der Waals surface area (Å²) < 4.78 is 5.51. The monoisotopic (exact) mass is 248 g/mol. The van der Waals surface area contributed by atoms with Gasteiger partial charge in [-0.1, -0.05) is 13.8 Å². The molecule has 1 atom stereocenters. The maximum absolute atomic E-state index is 11.1. The van der Waals surface area contributed by atoms with Crippen molar-refractivity contribution < 1.29 is 14.6 Å². The number of hydrogen-bond acceptors (Lipinski definition) is 3. The molecule has 0 amide bonds. The summed E-state index contributed by atoms with van der Waals surface area (Å²) in [7, 11) is 0. The van der Waals surface area contributed by atoms with Crippen LogP contribution < -0.4 is 4.74 Å². The van der Waals surface area contributed by atoms with Crippen molar-refractivity contribution in [1.82, 2.24) is 9.97 Å². The highest BCUT2D eigenvalue weighted by Gasteiger charge is 2.23. The van der Waals surface area contributed by atoms with E-state index in [-0.39, 0.29) is 5.92 Å². The van der Waals surface area contributed by atoms with Gasteiger partial charge in [0.05, 0.1) is 11.0 Å². The van der Waals surface area contributed by atoms with Gasteiger partial charge in [-0.15, -0.1) is 0 Å². The van der Waals surface area contributed by atoms with Crippen LogP contribution >= 0.6 is 0 Å². The predicted octanol–water partition coefficient (Wildman–Crippen LogP) is 2.36.